The number of aliphatic hydroxyl groups excluding tert-OH is 1. The fourth-order valence-electron chi connectivity index (χ4n) is 0.664. The van der Waals surface area contributed by atoms with Crippen molar-refractivity contribution in [2.45, 2.75) is 33.5 Å². The minimum Gasteiger partial charge on any atom is -0.368 e. The van der Waals surface area contributed by atoms with Crippen molar-refractivity contribution in [1.29, 1.82) is 0 Å². The maximum atomic E-state index is 9.00. The predicted octanol–water partition coefficient (Wildman–Crippen LogP) is 1.39. The van der Waals surface area contributed by atoms with Crippen molar-refractivity contribution in [2.24, 2.45) is 5.92 Å². The molecule has 9 heavy (non-hydrogen) atoms. The summed E-state index contributed by atoms with van der Waals surface area (Å²) in [5.41, 5.74) is 0. The Kier molecular flexibility index (Phi) is 4.72. The van der Waals surface area contributed by atoms with Crippen molar-refractivity contribution in [2.75, 3.05) is 6.61 Å². The van der Waals surface area contributed by atoms with E-state index in [0.29, 0.717) is 12.5 Å². The van der Waals surface area contributed by atoms with Gasteiger partial charge in [-0.3, -0.25) is 0 Å². The highest BCUT2D eigenvalue weighted by Gasteiger charge is 2.04. The molecular formula is C7H16O2. The van der Waals surface area contributed by atoms with E-state index in [1.165, 1.54) is 0 Å². The lowest BCUT2D eigenvalue weighted by atomic mass is 10.1. The highest BCUT2D eigenvalue weighted by molar-refractivity contribution is 4.46. The Morgan fingerprint density at radius 3 is 2.33 bits per heavy atom. The largest absolute Gasteiger partial charge is 0.368 e. The van der Waals surface area contributed by atoms with Crippen molar-refractivity contribution < 1.29 is 9.84 Å². The minimum absolute atomic E-state index is 0.506. The number of hydrogen-bond acceptors (Lipinski definition) is 2. The smallest absolute Gasteiger partial charge is 0.154 e. The molecule has 56 valence electrons. The normalized spacial score (nSPS) is 14.3. The van der Waals surface area contributed by atoms with Crippen molar-refractivity contribution in [3.63, 3.8) is 0 Å². The molecular weight excluding hydrogens is 116 g/mol. The van der Waals surface area contributed by atoms with E-state index in [9.17, 15) is 0 Å². The number of rotatable bonds is 4. The molecule has 0 spiro atoms. The van der Waals surface area contributed by atoms with Crippen LogP contribution in [-0.2, 0) is 4.74 Å². The van der Waals surface area contributed by atoms with Gasteiger partial charge in [-0.25, -0.2) is 0 Å². The van der Waals surface area contributed by atoms with Crippen LogP contribution in [0, 0.1) is 5.92 Å². The van der Waals surface area contributed by atoms with Gasteiger partial charge in [0.15, 0.2) is 6.29 Å². The third-order valence-corrected chi connectivity index (χ3v) is 1.03. The van der Waals surface area contributed by atoms with Gasteiger partial charge in [-0.1, -0.05) is 13.8 Å². The van der Waals surface area contributed by atoms with Crippen LogP contribution in [0.15, 0.2) is 0 Å². The fraction of sp³-hybridized carbons (Fsp3) is 1.00. The maximum absolute atomic E-state index is 9.00. The molecule has 0 heterocycles. The van der Waals surface area contributed by atoms with Crippen LogP contribution in [0.4, 0.5) is 0 Å². The van der Waals surface area contributed by atoms with Crippen molar-refractivity contribution in [1.82, 2.24) is 0 Å². The first-order chi connectivity index (χ1) is 4.16. The van der Waals surface area contributed by atoms with E-state index in [0.717, 1.165) is 6.42 Å². The van der Waals surface area contributed by atoms with Gasteiger partial charge >= 0.3 is 0 Å². The van der Waals surface area contributed by atoms with Gasteiger partial charge in [0.2, 0.25) is 0 Å². The van der Waals surface area contributed by atoms with Crippen LogP contribution in [0.2, 0.25) is 0 Å². The zero-order valence-electron chi connectivity index (χ0n) is 6.42. The second-order valence-electron chi connectivity index (χ2n) is 2.54. The number of ether oxygens (including phenoxy) is 1. The molecule has 0 aliphatic carbocycles. The average Bonchev–Trinajstić information content (AvgIpc) is 1.63. The fourth-order valence-corrected chi connectivity index (χ4v) is 0.664. The van der Waals surface area contributed by atoms with Gasteiger partial charge in [0.05, 0.1) is 0 Å². The molecule has 0 aromatic heterocycles. The highest BCUT2D eigenvalue weighted by atomic mass is 16.6. The molecule has 0 aromatic carbocycles. The van der Waals surface area contributed by atoms with Crippen LogP contribution in [0.25, 0.3) is 0 Å². The lowest BCUT2D eigenvalue weighted by Gasteiger charge is -2.11. The molecule has 0 aliphatic heterocycles. The second kappa shape index (κ2) is 4.77. The van der Waals surface area contributed by atoms with Gasteiger partial charge < -0.3 is 9.84 Å². The van der Waals surface area contributed by atoms with Crippen LogP contribution >= 0.6 is 0 Å². The quantitative estimate of drug-likeness (QED) is 0.586. The van der Waals surface area contributed by atoms with Crippen LogP contribution in [0.5, 0.6) is 0 Å². The third-order valence-electron chi connectivity index (χ3n) is 1.03. The van der Waals surface area contributed by atoms with Gasteiger partial charge in [0.1, 0.15) is 0 Å². The van der Waals surface area contributed by atoms with E-state index < -0.39 is 6.29 Å². The van der Waals surface area contributed by atoms with E-state index in [-0.39, 0.29) is 0 Å². The Hall–Kier alpha value is -0.0800. The molecule has 1 unspecified atom stereocenters. The van der Waals surface area contributed by atoms with Crippen molar-refractivity contribution in [3.8, 4) is 0 Å². The molecule has 0 bridgehead atoms. The summed E-state index contributed by atoms with van der Waals surface area (Å²) in [6.45, 7) is 6.59. The first-order valence-corrected chi connectivity index (χ1v) is 3.46. The van der Waals surface area contributed by atoms with E-state index in [4.69, 9.17) is 9.84 Å². The first-order valence-electron chi connectivity index (χ1n) is 3.46. The molecule has 0 aromatic rings. The summed E-state index contributed by atoms with van der Waals surface area (Å²) in [4.78, 5) is 0. The average molecular weight is 132 g/mol. The molecule has 0 saturated carbocycles. The van der Waals surface area contributed by atoms with Gasteiger partial charge in [-0.15, -0.1) is 0 Å². The number of aliphatic hydroxyl groups is 1. The lowest BCUT2D eigenvalue weighted by Crippen LogP contribution is -2.13. The van der Waals surface area contributed by atoms with Crippen LogP contribution in [0.3, 0.4) is 0 Å². The predicted molar refractivity (Wildman–Crippen MR) is 37.1 cm³/mol. The Morgan fingerprint density at radius 1 is 1.44 bits per heavy atom. The molecule has 0 fully saturated rings. The summed E-state index contributed by atoms with van der Waals surface area (Å²) < 4.78 is 4.91. The Labute approximate surface area is 56.8 Å². The van der Waals surface area contributed by atoms with E-state index in [2.05, 4.69) is 13.8 Å². The summed E-state index contributed by atoms with van der Waals surface area (Å²) >= 11 is 0. The van der Waals surface area contributed by atoms with E-state index in [1.54, 1.807) is 0 Å². The van der Waals surface area contributed by atoms with Gasteiger partial charge in [-0.2, -0.15) is 0 Å². The molecule has 0 radical (unpaired) electrons. The zero-order chi connectivity index (χ0) is 7.28. The molecule has 1 atom stereocenters. The molecule has 1 N–H and O–H groups in total. The van der Waals surface area contributed by atoms with E-state index in [1.807, 2.05) is 6.92 Å². The summed E-state index contributed by atoms with van der Waals surface area (Å²) in [6.07, 6.45) is 0.170. The molecule has 2 nitrogen and oxygen atoms in total. The maximum Gasteiger partial charge on any atom is 0.154 e. The molecule has 0 saturated heterocycles. The summed E-state index contributed by atoms with van der Waals surface area (Å²) in [5, 5.41) is 9.00. The molecule has 0 rings (SSSR count). The second-order valence-corrected chi connectivity index (χ2v) is 2.54. The first kappa shape index (κ1) is 8.92. The summed E-state index contributed by atoms with van der Waals surface area (Å²) in [5.74, 6) is 0.506. The number of hydrogen-bond donors (Lipinski definition) is 1. The van der Waals surface area contributed by atoms with Gasteiger partial charge in [-0.05, 0) is 12.8 Å². The highest BCUT2D eigenvalue weighted by Crippen LogP contribution is 2.04. The SMILES string of the molecule is CCOC(O)CC(C)C. The minimum atomic E-state index is -0.560. The van der Waals surface area contributed by atoms with Crippen LogP contribution < -0.4 is 0 Å². The van der Waals surface area contributed by atoms with Crippen molar-refractivity contribution in [3.05, 3.63) is 0 Å². The molecule has 2 heteroatoms. The zero-order valence-corrected chi connectivity index (χ0v) is 6.42. The van der Waals surface area contributed by atoms with Crippen LogP contribution in [-0.4, -0.2) is 18.0 Å². The van der Waals surface area contributed by atoms with Gasteiger partial charge in [0, 0.05) is 13.0 Å². The third kappa shape index (κ3) is 5.80. The summed E-state index contributed by atoms with van der Waals surface area (Å²) in [7, 11) is 0. The van der Waals surface area contributed by atoms with Crippen molar-refractivity contribution >= 4 is 0 Å². The molecule has 0 aliphatic rings. The van der Waals surface area contributed by atoms with E-state index >= 15 is 0 Å². The Balaban J connectivity index is 3.15. The monoisotopic (exact) mass is 132 g/mol. The van der Waals surface area contributed by atoms with Gasteiger partial charge in [0.25, 0.3) is 0 Å². The lowest BCUT2D eigenvalue weighted by molar-refractivity contribution is -0.104. The Morgan fingerprint density at radius 2 is 2.00 bits per heavy atom. The molecule has 0 amide bonds. The summed E-state index contributed by atoms with van der Waals surface area (Å²) in [6, 6.07) is 0. The van der Waals surface area contributed by atoms with Crippen LogP contribution in [0.1, 0.15) is 27.2 Å². The Bertz CT molecular complexity index is 61.9. The standard InChI is InChI=1S/C7H16O2/c1-4-9-7(8)5-6(2)3/h6-8H,4-5H2,1-3H3. The topological polar surface area (TPSA) is 29.5 Å².